The zero-order valence-corrected chi connectivity index (χ0v) is 14.7. The van der Waals surface area contributed by atoms with Crippen LogP contribution < -0.4 is 16.5 Å². The highest BCUT2D eigenvalue weighted by molar-refractivity contribution is 5.78. The van der Waals surface area contributed by atoms with E-state index in [1.165, 1.54) is 5.57 Å². The molecule has 2 aliphatic heterocycles. The van der Waals surface area contributed by atoms with Crippen molar-refractivity contribution in [2.24, 2.45) is 0 Å². The lowest BCUT2D eigenvalue weighted by Crippen LogP contribution is -2.40. The highest BCUT2D eigenvalue weighted by atomic mass is 16.5. The summed E-state index contributed by atoms with van der Waals surface area (Å²) in [5.41, 5.74) is 13.6. The summed E-state index contributed by atoms with van der Waals surface area (Å²) in [6.45, 7) is 2.42. The van der Waals surface area contributed by atoms with Crippen LogP contribution in [-0.4, -0.2) is 59.5 Å². The van der Waals surface area contributed by atoms with E-state index in [1.807, 2.05) is 24.3 Å². The van der Waals surface area contributed by atoms with E-state index in [0.717, 1.165) is 49.4 Å². The standard InChI is InChI=1S/C17H25N7O/c1-23-9-12(7-20-23)14-8-21-24-16(18)5-15(22-17(14)24)11-3-4-13(10-25-2)19-6-11/h5,8-9,11,13,19-20H,3-4,6-7,10,18H2,1-2H3/t11-,13-/m0/s1. The van der Waals surface area contributed by atoms with Crippen LogP contribution in [0.5, 0.6) is 0 Å². The number of hydrazine groups is 1. The van der Waals surface area contributed by atoms with Gasteiger partial charge in [-0.25, -0.2) is 10.4 Å². The first-order valence-corrected chi connectivity index (χ1v) is 8.69. The number of aromatic nitrogens is 3. The van der Waals surface area contributed by atoms with Crippen LogP contribution in [0.25, 0.3) is 11.2 Å². The quantitative estimate of drug-likeness (QED) is 0.748. The molecule has 0 bridgehead atoms. The summed E-state index contributed by atoms with van der Waals surface area (Å²) in [5, 5.41) is 9.92. The number of nitrogens with one attached hydrogen (secondary N) is 2. The second-order valence-corrected chi connectivity index (χ2v) is 6.83. The molecule has 0 saturated carbocycles. The summed E-state index contributed by atoms with van der Waals surface area (Å²) < 4.78 is 6.97. The zero-order valence-electron chi connectivity index (χ0n) is 14.7. The van der Waals surface area contributed by atoms with Gasteiger partial charge in [-0.2, -0.15) is 9.61 Å². The Morgan fingerprint density at radius 3 is 2.96 bits per heavy atom. The van der Waals surface area contributed by atoms with Crippen molar-refractivity contribution in [3.63, 3.8) is 0 Å². The molecule has 0 aromatic carbocycles. The molecule has 25 heavy (non-hydrogen) atoms. The van der Waals surface area contributed by atoms with Gasteiger partial charge in [0.05, 0.1) is 18.5 Å². The van der Waals surface area contributed by atoms with E-state index in [2.05, 4.69) is 22.0 Å². The van der Waals surface area contributed by atoms with Gasteiger partial charge in [0, 0.05) is 57.0 Å². The summed E-state index contributed by atoms with van der Waals surface area (Å²) >= 11 is 0. The molecule has 2 aromatic rings. The van der Waals surface area contributed by atoms with E-state index < -0.39 is 0 Å². The molecular formula is C17H25N7O. The van der Waals surface area contributed by atoms with Crippen molar-refractivity contribution in [3.05, 3.63) is 29.7 Å². The smallest absolute Gasteiger partial charge is 0.165 e. The van der Waals surface area contributed by atoms with Gasteiger partial charge in [0.15, 0.2) is 5.65 Å². The lowest BCUT2D eigenvalue weighted by Gasteiger charge is -2.29. The topological polar surface area (TPSA) is 92.7 Å². The van der Waals surface area contributed by atoms with E-state index in [-0.39, 0.29) is 0 Å². The Hall–Kier alpha value is -2.16. The fourth-order valence-corrected chi connectivity index (χ4v) is 3.65. The molecule has 0 radical (unpaired) electrons. The maximum absolute atomic E-state index is 6.25. The van der Waals surface area contributed by atoms with Gasteiger partial charge in [0.2, 0.25) is 0 Å². The van der Waals surface area contributed by atoms with Crippen LogP contribution in [0.1, 0.15) is 30.0 Å². The van der Waals surface area contributed by atoms with Gasteiger partial charge in [-0.15, -0.1) is 0 Å². The Labute approximate surface area is 147 Å². The fraction of sp³-hybridized carbons (Fsp3) is 0.529. The number of fused-ring (bicyclic) bond motifs is 1. The molecule has 1 saturated heterocycles. The molecule has 4 heterocycles. The first-order chi connectivity index (χ1) is 12.2. The fourth-order valence-electron chi connectivity index (χ4n) is 3.65. The van der Waals surface area contributed by atoms with Gasteiger partial charge >= 0.3 is 0 Å². The molecule has 8 nitrogen and oxygen atoms in total. The molecule has 2 atom stereocenters. The van der Waals surface area contributed by atoms with E-state index in [9.17, 15) is 0 Å². The third kappa shape index (κ3) is 3.08. The highest BCUT2D eigenvalue weighted by Crippen LogP contribution is 2.28. The Bertz CT molecular complexity index is 792. The largest absolute Gasteiger partial charge is 0.384 e. The number of nitrogens with zero attached hydrogens (tertiary/aromatic N) is 4. The summed E-state index contributed by atoms with van der Waals surface area (Å²) in [6.07, 6.45) is 6.08. The van der Waals surface area contributed by atoms with Gasteiger partial charge in [-0.3, -0.25) is 0 Å². The Morgan fingerprint density at radius 1 is 1.40 bits per heavy atom. The molecule has 1 fully saturated rings. The average molecular weight is 343 g/mol. The highest BCUT2D eigenvalue weighted by Gasteiger charge is 2.25. The molecule has 2 aromatic heterocycles. The van der Waals surface area contributed by atoms with E-state index in [0.29, 0.717) is 17.8 Å². The van der Waals surface area contributed by atoms with Crippen LogP contribution in [0.4, 0.5) is 5.82 Å². The van der Waals surface area contributed by atoms with Crippen LogP contribution in [0.15, 0.2) is 18.5 Å². The van der Waals surface area contributed by atoms with Crippen molar-refractivity contribution in [3.8, 4) is 0 Å². The number of anilines is 1. The molecule has 4 rings (SSSR count). The summed E-state index contributed by atoms with van der Waals surface area (Å²) in [7, 11) is 3.73. The van der Waals surface area contributed by atoms with Crippen molar-refractivity contribution in [1.29, 1.82) is 0 Å². The molecule has 8 heteroatoms. The van der Waals surface area contributed by atoms with Gasteiger partial charge in [-0.1, -0.05) is 0 Å². The predicted molar refractivity (Wildman–Crippen MR) is 96.8 cm³/mol. The third-order valence-corrected chi connectivity index (χ3v) is 5.04. The number of piperidine rings is 1. The van der Waals surface area contributed by atoms with Gasteiger partial charge in [-0.05, 0) is 18.4 Å². The summed E-state index contributed by atoms with van der Waals surface area (Å²) in [6, 6.07) is 2.39. The number of hydrogen-bond donors (Lipinski definition) is 3. The minimum absolute atomic E-state index is 0.363. The Morgan fingerprint density at radius 2 is 2.28 bits per heavy atom. The van der Waals surface area contributed by atoms with Crippen LogP contribution in [-0.2, 0) is 4.74 Å². The lowest BCUT2D eigenvalue weighted by molar-refractivity contribution is 0.150. The first-order valence-electron chi connectivity index (χ1n) is 8.69. The zero-order chi connectivity index (χ0) is 17.4. The number of nitrogen functional groups attached to an aromatic ring is 1. The molecule has 0 unspecified atom stereocenters. The molecule has 0 spiro atoms. The van der Waals surface area contributed by atoms with Gasteiger partial charge in [0.25, 0.3) is 0 Å². The van der Waals surface area contributed by atoms with Crippen LogP contribution in [0.3, 0.4) is 0 Å². The minimum atomic E-state index is 0.363. The number of hydrogen-bond acceptors (Lipinski definition) is 7. The number of nitrogens with two attached hydrogens (primary N) is 1. The number of methoxy groups -OCH3 is 1. The molecule has 0 amide bonds. The number of ether oxygens (including phenoxy) is 1. The Balaban J connectivity index is 1.64. The van der Waals surface area contributed by atoms with Gasteiger partial charge in [0.1, 0.15) is 5.82 Å². The molecule has 0 aliphatic carbocycles. The third-order valence-electron chi connectivity index (χ3n) is 5.04. The average Bonchev–Trinajstić information content (AvgIpc) is 3.22. The van der Waals surface area contributed by atoms with Crippen molar-refractivity contribution in [1.82, 2.24) is 30.3 Å². The Kier molecular flexibility index (Phi) is 4.32. The molecular weight excluding hydrogens is 318 g/mol. The molecule has 2 aliphatic rings. The predicted octanol–water partition coefficient (Wildman–Crippen LogP) is 0.584. The van der Waals surface area contributed by atoms with Crippen LogP contribution in [0, 0.1) is 0 Å². The van der Waals surface area contributed by atoms with Crippen molar-refractivity contribution >= 4 is 17.0 Å². The SMILES string of the molecule is COC[C@@H]1CC[C@H](c2cc(N)n3ncc(C4=CN(C)NC4)c3n2)CN1. The van der Waals surface area contributed by atoms with Crippen LogP contribution >= 0.6 is 0 Å². The molecule has 4 N–H and O–H groups in total. The lowest BCUT2D eigenvalue weighted by atomic mass is 9.92. The van der Waals surface area contributed by atoms with Gasteiger partial charge < -0.3 is 20.8 Å². The van der Waals surface area contributed by atoms with Crippen molar-refractivity contribution in [2.45, 2.75) is 24.8 Å². The van der Waals surface area contributed by atoms with Crippen LogP contribution in [0.2, 0.25) is 0 Å². The van der Waals surface area contributed by atoms with E-state index >= 15 is 0 Å². The normalized spacial score (nSPS) is 24.1. The van der Waals surface area contributed by atoms with E-state index in [4.69, 9.17) is 15.5 Å². The van der Waals surface area contributed by atoms with Crippen molar-refractivity contribution in [2.75, 3.05) is 39.6 Å². The summed E-state index contributed by atoms with van der Waals surface area (Å²) in [4.78, 5) is 4.92. The second-order valence-electron chi connectivity index (χ2n) is 6.83. The van der Waals surface area contributed by atoms with E-state index in [1.54, 1.807) is 11.6 Å². The minimum Gasteiger partial charge on any atom is -0.384 e. The maximum Gasteiger partial charge on any atom is 0.165 e. The first kappa shape index (κ1) is 16.3. The number of rotatable bonds is 4. The monoisotopic (exact) mass is 343 g/mol. The second kappa shape index (κ2) is 6.62. The maximum atomic E-state index is 6.25. The molecule has 134 valence electrons. The van der Waals surface area contributed by atoms with Crippen molar-refractivity contribution < 1.29 is 4.74 Å². The summed E-state index contributed by atoms with van der Waals surface area (Å²) in [5.74, 6) is 0.992.